The average Bonchev–Trinajstić information content (AvgIpc) is 2.69. The SMILES string of the molecule is CCCCc1nc(N)c(C(=N)Nc2cc(C)ccc2Sc2ccc(O)cc2)c(N)n1. The molecule has 0 amide bonds. The van der Waals surface area contributed by atoms with E-state index in [1.54, 1.807) is 12.1 Å². The number of nitrogens with two attached hydrogens (primary N) is 2. The third kappa shape index (κ3) is 5.21. The first kappa shape index (κ1) is 21.4. The number of phenols is 1. The van der Waals surface area contributed by atoms with Crippen LogP contribution in [0.15, 0.2) is 52.3 Å². The highest BCUT2D eigenvalue weighted by atomic mass is 32.2. The van der Waals surface area contributed by atoms with Crippen LogP contribution in [-0.2, 0) is 6.42 Å². The Bertz CT molecular complexity index is 1030. The molecule has 0 saturated carbocycles. The minimum atomic E-state index is 0.0465. The molecule has 0 atom stereocenters. The van der Waals surface area contributed by atoms with Crippen molar-refractivity contribution in [3.8, 4) is 5.75 Å². The van der Waals surface area contributed by atoms with Crippen molar-refractivity contribution in [1.82, 2.24) is 9.97 Å². The Morgan fingerprint density at radius 1 is 1.10 bits per heavy atom. The Hall–Kier alpha value is -3.26. The number of aryl methyl sites for hydroxylation is 2. The molecule has 0 spiro atoms. The first-order chi connectivity index (χ1) is 14.4. The van der Waals surface area contributed by atoms with E-state index >= 15 is 0 Å². The number of aromatic hydroxyl groups is 1. The van der Waals surface area contributed by atoms with Crippen LogP contribution in [0, 0.1) is 12.3 Å². The number of nitrogen functional groups attached to an aromatic ring is 2. The van der Waals surface area contributed by atoms with Crippen molar-refractivity contribution in [3.63, 3.8) is 0 Å². The maximum absolute atomic E-state index is 9.49. The lowest BCUT2D eigenvalue weighted by atomic mass is 10.2. The lowest BCUT2D eigenvalue weighted by Crippen LogP contribution is -2.19. The number of amidine groups is 1. The third-order valence-electron chi connectivity index (χ3n) is 4.47. The van der Waals surface area contributed by atoms with Gasteiger partial charge in [0.15, 0.2) is 0 Å². The van der Waals surface area contributed by atoms with E-state index in [0.717, 1.165) is 33.9 Å². The van der Waals surface area contributed by atoms with Crippen LogP contribution >= 0.6 is 11.8 Å². The first-order valence-corrected chi connectivity index (χ1v) is 10.5. The van der Waals surface area contributed by atoms with Gasteiger partial charge < -0.3 is 21.9 Å². The number of phenolic OH excluding ortho intramolecular Hbond substituents is 1. The zero-order chi connectivity index (χ0) is 21.7. The molecule has 30 heavy (non-hydrogen) atoms. The van der Waals surface area contributed by atoms with Gasteiger partial charge in [-0.3, -0.25) is 5.41 Å². The normalized spacial score (nSPS) is 10.7. The van der Waals surface area contributed by atoms with E-state index in [2.05, 4.69) is 22.2 Å². The van der Waals surface area contributed by atoms with Gasteiger partial charge in [0, 0.05) is 16.2 Å². The zero-order valence-corrected chi connectivity index (χ0v) is 17.9. The molecule has 0 saturated heterocycles. The number of hydrogen-bond donors (Lipinski definition) is 5. The van der Waals surface area contributed by atoms with Gasteiger partial charge in [0.2, 0.25) is 0 Å². The molecule has 1 heterocycles. The van der Waals surface area contributed by atoms with Crippen molar-refractivity contribution in [2.45, 2.75) is 42.9 Å². The molecule has 1 aromatic heterocycles. The quantitative estimate of drug-likeness (QED) is 0.278. The molecule has 3 aromatic rings. The second-order valence-electron chi connectivity index (χ2n) is 6.98. The molecule has 0 aliphatic rings. The van der Waals surface area contributed by atoms with Crippen LogP contribution in [0.1, 0.15) is 36.7 Å². The highest BCUT2D eigenvalue weighted by Crippen LogP contribution is 2.35. The van der Waals surface area contributed by atoms with E-state index in [-0.39, 0.29) is 23.2 Å². The van der Waals surface area contributed by atoms with Crippen LogP contribution in [0.4, 0.5) is 17.3 Å². The van der Waals surface area contributed by atoms with Crippen molar-refractivity contribution >= 4 is 34.9 Å². The largest absolute Gasteiger partial charge is 0.508 e. The summed E-state index contributed by atoms with van der Waals surface area (Å²) in [7, 11) is 0. The highest BCUT2D eigenvalue weighted by Gasteiger charge is 2.17. The first-order valence-electron chi connectivity index (χ1n) is 9.72. The third-order valence-corrected chi connectivity index (χ3v) is 5.56. The van der Waals surface area contributed by atoms with E-state index in [1.165, 1.54) is 11.8 Å². The van der Waals surface area contributed by atoms with Crippen LogP contribution in [0.25, 0.3) is 0 Å². The van der Waals surface area contributed by atoms with Crippen LogP contribution < -0.4 is 16.8 Å². The monoisotopic (exact) mass is 422 g/mol. The average molecular weight is 423 g/mol. The van der Waals surface area contributed by atoms with Crippen molar-refractivity contribution in [3.05, 3.63) is 59.4 Å². The lowest BCUT2D eigenvalue weighted by Gasteiger charge is -2.16. The summed E-state index contributed by atoms with van der Waals surface area (Å²) in [5.41, 5.74) is 14.3. The molecule has 0 radical (unpaired) electrons. The molecule has 0 aliphatic carbocycles. The van der Waals surface area contributed by atoms with Gasteiger partial charge in [0.05, 0.1) is 5.69 Å². The van der Waals surface area contributed by atoms with Crippen LogP contribution in [0.3, 0.4) is 0 Å². The molecule has 0 bridgehead atoms. The smallest absolute Gasteiger partial charge is 0.140 e. The Kier molecular flexibility index (Phi) is 6.79. The highest BCUT2D eigenvalue weighted by molar-refractivity contribution is 7.99. The topological polar surface area (TPSA) is 134 Å². The Morgan fingerprint density at radius 3 is 2.40 bits per heavy atom. The summed E-state index contributed by atoms with van der Waals surface area (Å²) in [6.07, 6.45) is 2.68. The molecular formula is C22H26N6OS. The molecule has 156 valence electrons. The van der Waals surface area contributed by atoms with E-state index in [1.807, 2.05) is 37.3 Å². The predicted molar refractivity (Wildman–Crippen MR) is 123 cm³/mol. The summed E-state index contributed by atoms with van der Waals surface area (Å²) in [4.78, 5) is 10.5. The molecule has 0 fully saturated rings. The standard InChI is InChI=1S/C22H26N6OS/c1-3-4-5-18-27-21(24)19(22(25)28-18)20(23)26-16-12-13(2)6-11-17(16)30-15-9-7-14(29)8-10-15/h6-12,29H,3-5H2,1-2H3,(H2,23,26)(H4,24,25,27,28). The zero-order valence-electron chi connectivity index (χ0n) is 17.1. The van der Waals surface area contributed by atoms with E-state index < -0.39 is 0 Å². The van der Waals surface area contributed by atoms with Crippen LogP contribution in [0.2, 0.25) is 0 Å². The van der Waals surface area contributed by atoms with E-state index in [9.17, 15) is 5.11 Å². The Balaban J connectivity index is 1.86. The van der Waals surface area contributed by atoms with Crippen molar-refractivity contribution in [1.29, 1.82) is 5.41 Å². The molecule has 3 rings (SSSR count). The molecular weight excluding hydrogens is 396 g/mol. The number of nitrogens with zero attached hydrogens (tertiary/aromatic N) is 2. The van der Waals surface area contributed by atoms with Crippen molar-refractivity contribution < 1.29 is 5.11 Å². The van der Waals surface area contributed by atoms with Gasteiger partial charge in [-0.2, -0.15) is 0 Å². The molecule has 2 aromatic carbocycles. The molecule has 8 heteroatoms. The maximum atomic E-state index is 9.49. The molecule has 0 unspecified atom stereocenters. The number of unbranched alkanes of at least 4 members (excludes halogenated alkanes) is 1. The maximum Gasteiger partial charge on any atom is 0.140 e. The number of aromatic nitrogens is 2. The van der Waals surface area contributed by atoms with Gasteiger partial charge in [-0.15, -0.1) is 0 Å². The fourth-order valence-corrected chi connectivity index (χ4v) is 3.80. The van der Waals surface area contributed by atoms with Crippen molar-refractivity contribution in [2.75, 3.05) is 16.8 Å². The number of benzene rings is 2. The van der Waals surface area contributed by atoms with Gasteiger partial charge in [-0.25, -0.2) is 9.97 Å². The minimum Gasteiger partial charge on any atom is -0.508 e. The predicted octanol–water partition coefficient (Wildman–Crippen LogP) is 4.59. The summed E-state index contributed by atoms with van der Waals surface area (Å²) in [5, 5.41) is 21.1. The van der Waals surface area contributed by atoms with Gasteiger partial charge in [-0.1, -0.05) is 31.2 Å². The number of anilines is 3. The number of nitrogens with one attached hydrogen (secondary N) is 2. The van der Waals surface area contributed by atoms with E-state index in [4.69, 9.17) is 16.9 Å². The van der Waals surface area contributed by atoms with Gasteiger partial charge in [-0.05, 0) is 55.3 Å². The second-order valence-corrected chi connectivity index (χ2v) is 8.10. The fourth-order valence-electron chi connectivity index (χ4n) is 2.92. The summed E-state index contributed by atoms with van der Waals surface area (Å²) in [6, 6.07) is 12.9. The van der Waals surface area contributed by atoms with Crippen LogP contribution in [0.5, 0.6) is 5.75 Å². The van der Waals surface area contributed by atoms with Crippen molar-refractivity contribution in [2.24, 2.45) is 0 Å². The van der Waals surface area contributed by atoms with Gasteiger partial charge in [0.25, 0.3) is 0 Å². The summed E-state index contributed by atoms with van der Waals surface area (Å²) in [5.74, 6) is 1.27. The number of rotatable bonds is 7. The minimum absolute atomic E-state index is 0.0465. The number of hydrogen-bond acceptors (Lipinski definition) is 7. The van der Waals surface area contributed by atoms with Crippen LogP contribution in [-0.4, -0.2) is 20.9 Å². The van der Waals surface area contributed by atoms with Gasteiger partial charge >= 0.3 is 0 Å². The Labute approximate surface area is 180 Å². The van der Waals surface area contributed by atoms with E-state index in [0.29, 0.717) is 17.8 Å². The van der Waals surface area contributed by atoms with Gasteiger partial charge in [0.1, 0.15) is 34.6 Å². The second kappa shape index (κ2) is 9.49. The molecule has 0 aliphatic heterocycles. The summed E-state index contributed by atoms with van der Waals surface area (Å²) < 4.78 is 0. The fraction of sp³-hybridized carbons (Fsp3) is 0.227. The lowest BCUT2D eigenvalue weighted by molar-refractivity contribution is 0.475. The summed E-state index contributed by atoms with van der Waals surface area (Å²) in [6.45, 7) is 4.08. The molecule has 7 N–H and O–H groups in total. The summed E-state index contributed by atoms with van der Waals surface area (Å²) >= 11 is 1.52. The Morgan fingerprint density at radius 2 is 1.77 bits per heavy atom. The molecule has 7 nitrogen and oxygen atoms in total.